The van der Waals surface area contributed by atoms with Gasteiger partial charge >= 0.3 is 0 Å². The fourth-order valence-electron chi connectivity index (χ4n) is 2.41. The number of benzene rings is 1. The molecule has 3 nitrogen and oxygen atoms in total. The van der Waals surface area contributed by atoms with Crippen molar-refractivity contribution in [2.24, 2.45) is 0 Å². The Morgan fingerprint density at radius 3 is 2.42 bits per heavy atom. The molecular formula is C14H15ClN2OS. The minimum Gasteiger partial charge on any atom is -0.372 e. The smallest absolute Gasteiger partial charge is 0.262 e. The van der Waals surface area contributed by atoms with Gasteiger partial charge in [-0.1, -0.05) is 23.7 Å². The summed E-state index contributed by atoms with van der Waals surface area (Å²) in [7, 11) is 0. The molecule has 0 amide bonds. The van der Waals surface area contributed by atoms with Gasteiger partial charge in [0.05, 0.1) is 6.54 Å². The third kappa shape index (κ3) is 2.85. The fourth-order valence-corrected chi connectivity index (χ4v) is 3.47. The summed E-state index contributed by atoms with van der Waals surface area (Å²) in [5.41, 5.74) is 2.37. The number of aromatic nitrogens is 1. The van der Waals surface area contributed by atoms with Gasteiger partial charge in [-0.2, -0.15) is 0 Å². The molecule has 1 fully saturated rings. The first-order chi connectivity index (χ1) is 9.22. The summed E-state index contributed by atoms with van der Waals surface area (Å²) in [6.07, 6.45) is 2.57. The van der Waals surface area contributed by atoms with E-state index in [9.17, 15) is 4.79 Å². The average molecular weight is 295 g/mol. The Morgan fingerprint density at radius 2 is 1.84 bits per heavy atom. The van der Waals surface area contributed by atoms with Gasteiger partial charge in [-0.05, 0) is 42.1 Å². The van der Waals surface area contributed by atoms with Crippen LogP contribution >= 0.6 is 23.1 Å². The lowest BCUT2D eigenvalue weighted by molar-refractivity contribution is 0.848. The molecule has 0 aliphatic carbocycles. The third-order valence-electron chi connectivity index (χ3n) is 3.41. The van der Waals surface area contributed by atoms with E-state index in [1.165, 1.54) is 36.1 Å². The predicted octanol–water partition coefficient (Wildman–Crippen LogP) is 3.21. The first-order valence-corrected chi connectivity index (χ1v) is 7.58. The summed E-state index contributed by atoms with van der Waals surface area (Å²) in [6, 6.07) is 9.92. The lowest BCUT2D eigenvalue weighted by Gasteiger charge is -2.17. The van der Waals surface area contributed by atoms with Crippen molar-refractivity contribution in [1.29, 1.82) is 0 Å². The van der Waals surface area contributed by atoms with Crippen molar-refractivity contribution in [2.45, 2.75) is 19.4 Å². The molecule has 0 N–H and O–H groups in total. The second kappa shape index (κ2) is 5.39. The molecule has 0 spiro atoms. The zero-order valence-electron chi connectivity index (χ0n) is 10.5. The molecule has 0 radical (unpaired) electrons. The third-order valence-corrected chi connectivity index (χ3v) is 4.55. The Balaban J connectivity index is 1.75. The molecule has 0 bridgehead atoms. The van der Waals surface area contributed by atoms with Gasteiger partial charge in [0.25, 0.3) is 5.56 Å². The van der Waals surface area contributed by atoms with Crippen LogP contribution in [0.5, 0.6) is 0 Å². The maximum absolute atomic E-state index is 11.6. The van der Waals surface area contributed by atoms with E-state index in [1.807, 2.05) is 0 Å². The molecule has 5 heteroatoms. The molecule has 1 saturated heterocycles. The highest BCUT2D eigenvalue weighted by atomic mass is 35.5. The second-order valence-corrected chi connectivity index (χ2v) is 6.47. The van der Waals surface area contributed by atoms with Gasteiger partial charge in [0.15, 0.2) is 0 Å². The van der Waals surface area contributed by atoms with Crippen LogP contribution in [0.3, 0.4) is 0 Å². The molecule has 3 rings (SSSR count). The number of halogens is 1. The van der Waals surface area contributed by atoms with Gasteiger partial charge in [-0.25, -0.2) is 0 Å². The minimum atomic E-state index is -0.0291. The number of rotatable bonds is 3. The predicted molar refractivity (Wildman–Crippen MR) is 80.6 cm³/mol. The molecule has 100 valence electrons. The van der Waals surface area contributed by atoms with Crippen LogP contribution in [-0.4, -0.2) is 17.0 Å². The van der Waals surface area contributed by atoms with E-state index in [4.69, 9.17) is 11.6 Å². The van der Waals surface area contributed by atoms with Gasteiger partial charge in [0.2, 0.25) is 0 Å². The van der Waals surface area contributed by atoms with Gasteiger partial charge in [-0.15, -0.1) is 0 Å². The second-order valence-electron chi connectivity index (χ2n) is 4.78. The monoisotopic (exact) mass is 294 g/mol. The standard InChI is InChI=1S/C14H15ClN2OS/c15-13-9-14(18)17(19-13)10-11-3-5-12(6-4-11)16-7-1-2-8-16/h3-6,9H,1-2,7-8,10H2. The number of anilines is 1. The largest absolute Gasteiger partial charge is 0.372 e. The van der Waals surface area contributed by atoms with Crippen molar-refractivity contribution in [3.8, 4) is 0 Å². The SMILES string of the molecule is O=c1cc(Cl)sn1Cc1ccc(N2CCCC2)cc1. The van der Waals surface area contributed by atoms with Gasteiger partial charge < -0.3 is 4.90 Å². The first kappa shape index (κ1) is 12.8. The number of hydrogen-bond acceptors (Lipinski definition) is 3. The zero-order chi connectivity index (χ0) is 13.2. The molecule has 1 aromatic carbocycles. The van der Waals surface area contributed by atoms with Crippen LogP contribution in [-0.2, 0) is 6.54 Å². The van der Waals surface area contributed by atoms with E-state index >= 15 is 0 Å². The summed E-state index contributed by atoms with van der Waals surface area (Å²) >= 11 is 7.13. The van der Waals surface area contributed by atoms with Crippen LogP contribution in [0.1, 0.15) is 18.4 Å². The summed E-state index contributed by atoms with van der Waals surface area (Å²) in [4.78, 5) is 14.0. The Bertz CT molecular complexity index is 611. The topological polar surface area (TPSA) is 25.2 Å². The average Bonchev–Trinajstić information content (AvgIpc) is 3.01. The van der Waals surface area contributed by atoms with Crippen molar-refractivity contribution in [2.75, 3.05) is 18.0 Å². The minimum absolute atomic E-state index is 0.0291. The van der Waals surface area contributed by atoms with E-state index in [2.05, 4.69) is 29.2 Å². The maximum atomic E-state index is 11.6. The summed E-state index contributed by atoms with van der Waals surface area (Å²) in [5.74, 6) is 0. The van der Waals surface area contributed by atoms with Crippen LogP contribution in [0.2, 0.25) is 4.34 Å². The van der Waals surface area contributed by atoms with Crippen molar-refractivity contribution in [3.05, 3.63) is 50.6 Å². The molecule has 0 atom stereocenters. The molecule has 1 aliphatic rings. The Hall–Kier alpha value is -1.26. The van der Waals surface area contributed by atoms with E-state index < -0.39 is 0 Å². The van der Waals surface area contributed by atoms with Crippen LogP contribution in [0.4, 0.5) is 5.69 Å². The molecule has 1 aromatic heterocycles. The van der Waals surface area contributed by atoms with E-state index in [-0.39, 0.29) is 5.56 Å². The maximum Gasteiger partial charge on any atom is 0.262 e. The molecular weight excluding hydrogens is 280 g/mol. The molecule has 2 aromatic rings. The highest BCUT2D eigenvalue weighted by Gasteiger charge is 2.12. The number of nitrogens with zero attached hydrogens (tertiary/aromatic N) is 2. The fraction of sp³-hybridized carbons (Fsp3) is 0.357. The van der Waals surface area contributed by atoms with E-state index in [1.54, 1.807) is 3.96 Å². The Labute approximate surface area is 121 Å². The van der Waals surface area contributed by atoms with Crippen molar-refractivity contribution < 1.29 is 0 Å². The van der Waals surface area contributed by atoms with Crippen LogP contribution in [0.15, 0.2) is 35.1 Å². The lowest BCUT2D eigenvalue weighted by Crippen LogP contribution is -2.17. The Morgan fingerprint density at radius 1 is 1.16 bits per heavy atom. The normalized spacial score (nSPS) is 15.1. The molecule has 0 saturated carbocycles. The summed E-state index contributed by atoms with van der Waals surface area (Å²) < 4.78 is 2.21. The highest BCUT2D eigenvalue weighted by Crippen LogP contribution is 2.21. The van der Waals surface area contributed by atoms with Gasteiger partial charge in [0.1, 0.15) is 4.34 Å². The Kier molecular flexibility index (Phi) is 3.62. The molecule has 19 heavy (non-hydrogen) atoms. The summed E-state index contributed by atoms with van der Waals surface area (Å²) in [5, 5.41) is 0. The highest BCUT2D eigenvalue weighted by molar-refractivity contribution is 7.11. The number of hydrogen-bond donors (Lipinski definition) is 0. The summed E-state index contributed by atoms with van der Waals surface area (Å²) in [6.45, 7) is 2.90. The van der Waals surface area contributed by atoms with Gasteiger partial charge in [0, 0.05) is 24.8 Å². The van der Waals surface area contributed by atoms with Crippen LogP contribution < -0.4 is 10.5 Å². The van der Waals surface area contributed by atoms with Crippen LogP contribution in [0.25, 0.3) is 0 Å². The van der Waals surface area contributed by atoms with Crippen molar-refractivity contribution in [3.63, 3.8) is 0 Å². The van der Waals surface area contributed by atoms with Crippen molar-refractivity contribution in [1.82, 2.24) is 3.96 Å². The lowest BCUT2D eigenvalue weighted by atomic mass is 10.2. The molecule has 1 aliphatic heterocycles. The zero-order valence-corrected chi connectivity index (χ0v) is 12.1. The van der Waals surface area contributed by atoms with E-state index in [0.717, 1.165) is 18.7 Å². The molecule has 0 unspecified atom stereocenters. The van der Waals surface area contributed by atoms with Crippen LogP contribution in [0, 0.1) is 0 Å². The molecule has 2 heterocycles. The van der Waals surface area contributed by atoms with Gasteiger partial charge in [-0.3, -0.25) is 8.75 Å². The van der Waals surface area contributed by atoms with Crippen molar-refractivity contribution >= 4 is 28.8 Å². The quantitative estimate of drug-likeness (QED) is 0.868. The first-order valence-electron chi connectivity index (χ1n) is 6.43. The van der Waals surface area contributed by atoms with E-state index in [0.29, 0.717) is 10.9 Å².